The van der Waals surface area contributed by atoms with Crippen molar-refractivity contribution in [3.8, 4) is 5.75 Å². The number of carbonyl (C=O) groups is 1. The van der Waals surface area contributed by atoms with Crippen molar-refractivity contribution in [1.82, 2.24) is 15.2 Å². The van der Waals surface area contributed by atoms with Crippen LogP contribution in [0.5, 0.6) is 5.75 Å². The minimum Gasteiger partial charge on any atom is -0.495 e. The number of aromatic nitrogens is 1. The maximum atomic E-state index is 12.5. The van der Waals surface area contributed by atoms with Gasteiger partial charge in [-0.3, -0.25) is 14.6 Å². The number of ether oxygens (including phenoxy) is 1. The third-order valence-electron chi connectivity index (χ3n) is 4.99. The average molecular weight is 383 g/mol. The van der Waals surface area contributed by atoms with Crippen LogP contribution in [0, 0.1) is 0 Å². The molecule has 0 bridgehead atoms. The molecule has 1 aromatic heterocycles. The number of anilines is 2. The summed E-state index contributed by atoms with van der Waals surface area (Å²) in [5.41, 5.74) is 1.14. The van der Waals surface area contributed by atoms with Crippen LogP contribution < -0.4 is 19.9 Å². The lowest BCUT2D eigenvalue weighted by atomic mass is 10.2. The van der Waals surface area contributed by atoms with Crippen molar-refractivity contribution in [2.75, 3.05) is 69.8 Å². The number of hydrogen-bond acceptors (Lipinski definition) is 6. The van der Waals surface area contributed by atoms with Gasteiger partial charge in [-0.05, 0) is 31.3 Å². The van der Waals surface area contributed by atoms with Crippen molar-refractivity contribution >= 4 is 17.4 Å². The highest BCUT2D eigenvalue weighted by Gasteiger charge is 2.22. The van der Waals surface area contributed by atoms with Crippen LogP contribution in [0.1, 0.15) is 0 Å². The van der Waals surface area contributed by atoms with Gasteiger partial charge in [-0.25, -0.2) is 4.98 Å². The van der Waals surface area contributed by atoms with Crippen LogP contribution in [0.15, 0.2) is 48.7 Å². The number of para-hydroxylation sites is 2. The van der Waals surface area contributed by atoms with Gasteiger partial charge in [0.25, 0.3) is 0 Å². The molecule has 0 aliphatic carbocycles. The van der Waals surface area contributed by atoms with Crippen molar-refractivity contribution in [2.24, 2.45) is 0 Å². The van der Waals surface area contributed by atoms with E-state index in [9.17, 15) is 4.79 Å². The summed E-state index contributed by atoms with van der Waals surface area (Å²) in [5.74, 6) is 1.65. The van der Waals surface area contributed by atoms with Gasteiger partial charge in [0.05, 0.1) is 19.3 Å². The number of amides is 1. The number of methoxy groups -OCH3 is 1. The Labute approximate surface area is 166 Å². The molecular formula is C21H29N5O2. The Balaban J connectivity index is 1.56. The second-order valence-corrected chi connectivity index (χ2v) is 6.76. The van der Waals surface area contributed by atoms with E-state index in [0.717, 1.165) is 44.2 Å². The molecule has 150 valence electrons. The standard InChI is InChI=1S/C21H29N5O2/c1-22-17-21(27)26(20-9-5-6-10-23-20)16-13-24-11-14-25(15-12-24)18-7-3-4-8-19(18)28-2/h3-10,22H,11-17H2,1-2H3. The summed E-state index contributed by atoms with van der Waals surface area (Å²) in [5, 5.41) is 2.94. The monoisotopic (exact) mass is 383 g/mol. The lowest BCUT2D eigenvalue weighted by Crippen LogP contribution is -2.49. The molecule has 0 radical (unpaired) electrons. The van der Waals surface area contributed by atoms with Gasteiger partial charge in [-0.2, -0.15) is 0 Å². The van der Waals surface area contributed by atoms with E-state index in [1.165, 1.54) is 0 Å². The molecule has 0 atom stereocenters. The van der Waals surface area contributed by atoms with E-state index in [4.69, 9.17) is 4.74 Å². The second kappa shape index (κ2) is 10.1. The van der Waals surface area contributed by atoms with Crippen LogP contribution in [0.4, 0.5) is 11.5 Å². The fourth-order valence-corrected chi connectivity index (χ4v) is 3.47. The van der Waals surface area contributed by atoms with Gasteiger partial charge in [0.15, 0.2) is 0 Å². The molecule has 2 heterocycles. The largest absolute Gasteiger partial charge is 0.495 e. The lowest BCUT2D eigenvalue weighted by Gasteiger charge is -2.37. The molecule has 1 amide bonds. The molecule has 0 spiro atoms. The Morgan fingerprint density at radius 1 is 1.14 bits per heavy atom. The summed E-state index contributed by atoms with van der Waals surface area (Å²) in [7, 11) is 3.50. The zero-order valence-corrected chi connectivity index (χ0v) is 16.7. The Kier molecular flexibility index (Phi) is 7.22. The first-order valence-corrected chi connectivity index (χ1v) is 9.69. The molecule has 3 rings (SSSR count). The van der Waals surface area contributed by atoms with Gasteiger partial charge in [-0.1, -0.05) is 18.2 Å². The third-order valence-corrected chi connectivity index (χ3v) is 4.99. The van der Waals surface area contributed by atoms with E-state index in [-0.39, 0.29) is 5.91 Å². The van der Waals surface area contributed by atoms with E-state index < -0.39 is 0 Å². The number of rotatable bonds is 8. The van der Waals surface area contributed by atoms with Crippen LogP contribution in [0.25, 0.3) is 0 Å². The highest BCUT2D eigenvalue weighted by molar-refractivity contribution is 5.93. The van der Waals surface area contributed by atoms with Crippen molar-refractivity contribution in [3.05, 3.63) is 48.7 Å². The summed E-state index contributed by atoms with van der Waals surface area (Å²) >= 11 is 0. The number of hydrogen-bond donors (Lipinski definition) is 1. The number of benzene rings is 1. The number of nitrogens with one attached hydrogen (secondary N) is 1. The van der Waals surface area contributed by atoms with E-state index in [1.54, 1.807) is 25.3 Å². The smallest absolute Gasteiger partial charge is 0.242 e. The number of pyridine rings is 1. The summed E-state index contributed by atoms with van der Waals surface area (Å²) in [6.07, 6.45) is 1.72. The maximum absolute atomic E-state index is 12.5. The van der Waals surface area contributed by atoms with Gasteiger partial charge < -0.3 is 15.0 Å². The van der Waals surface area contributed by atoms with Crippen molar-refractivity contribution in [3.63, 3.8) is 0 Å². The first kappa shape index (κ1) is 20.1. The van der Waals surface area contributed by atoms with E-state index in [1.807, 2.05) is 36.4 Å². The lowest BCUT2D eigenvalue weighted by molar-refractivity contribution is -0.117. The van der Waals surface area contributed by atoms with Crippen LogP contribution >= 0.6 is 0 Å². The van der Waals surface area contributed by atoms with E-state index >= 15 is 0 Å². The first-order valence-electron chi connectivity index (χ1n) is 9.69. The van der Waals surface area contributed by atoms with Crippen molar-refractivity contribution < 1.29 is 9.53 Å². The Hall–Kier alpha value is -2.64. The van der Waals surface area contributed by atoms with Crippen LogP contribution in [-0.4, -0.2) is 75.8 Å². The molecule has 0 unspecified atom stereocenters. The number of carbonyl (C=O) groups excluding carboxylic acids is 1. The number of nitrogens with zero attached hydrogens (tertiary/aromatic N) is 4. The van der Waals surface area contributed by atoms with Crippen molar-refractivity contribution in [2.45, 2.75) is 0 Å². The Morgan fingerprint density at radius 3 is 2.57 bits per heavy atom. The summed E-state index contributed by atoms with van der Waals surface area (Å²) in [6.45, 7) is 5.54. The fourth-order valence-electron chi connectivity index (χ4n) is 3.47. The average Bonchev–Trinajstić information content (AvgIpc) is 2.75. The molecular weight excluding hydrogens is 354 g/mol. The predicted octanol–water partition coefficient (Wildman–Crippen LogP) is 1.46. The third kappa shape index (κ3) is 4.99. The summed E-state index contributed by atoms with van der Waals surface area (Å²) in [4.78, 5) is 23.4. The Bertz CT molecular complexity index is 747. The topological polar surface area (TPSA) is 60.9 Å². The molecule has 1 N–H and O–H groups in total. The normalized spacial score (nSPS) is 14.7. The zero-order valence-electron chi connectivity index (χ0n) is 16.7. The minimum atomic E-state index is 0.0360. The van der Waals surface area contributed by atoms with Crippen LogP contribution in [0.3, 0.4) is 0 Å². The maximum Gasteiger partial charge on any atom is 0.242 e. The molecule has 7 heteroatoms. The molecule has 1 fully saturated rings. The highest BCUT2D eigenvalue weighted by atomic mass is 16.5. The number of piperazine rings is 1. The SMILES string of the molecule is CNCC(=O)N(CCN1CCN(c2ccccc2OC)CC1)c1ccccn1. The van der Waals surface area contributed by atoms with Crippen molar-refractivity contribution in [1.29, 1.82) is 0 Å². The second-order valence-electron chi connectivity index (χ2n) is 6.76. The minimum absolute atomic E-state index is 0.0360. The van der Waals surface area contributed by atoms with Crippen LogP contribution in [-0.2, 0) is 4.79 Å². The van der Waals surface area contributed by atoms with Crippen LogP contribution in [0.2, 0.25) is 0 Å². The quantitative estimate of drug-likeness (QED) is 0.745. The summed E-state index contributed by atoms with van der Waals surface area (Å²) in [6, 6.07) is 13.8. The first-order chi connectivity index (χ1) is 13.7. The van der Waals surface area contributed by atoms with Gasteiger partial charge >= 0.3 is 0 Å². The molecule has 7 nitrogen and oxygen atoms in total. The Morgan fingerprint density at radius 2 is 1.89 bits per heavy atom. The molecule has 1 aliphatic heterocycles. The molecule has 2 aromatic rings. The predicted molar refractivity (Wildman–Crippen MR) is 112 cm³/mol. The summed E-state index contributed by atoms with van der Waals surface area (Å²) < 4.78 is 5.49. The molecule has 0 saturated carbocycles. The van der Waals surface area contributed by atoms with Gasteiger partial charge in [0.2, 0.25) is 5.91 Å². The fraction of sp³-hybridized carbons (Fsp3) is 0.429. The van der Waals surface area contributed by atoms with E-state index in [2.05, 4.69) is 26.2 Å². The van der Waals surface area contributed by atoms with E-state index in [0.29, 0.717) is 18.9 Å². The molecule has 1 aromatic carbocycles. The molecule has 1 saturated heterocycles. The van der Waals surface area contributed by atoms with Gasteiger partial charge in [0.1, 0.15) is 11.6 Å². The highest BCUT2D eigenvalue weighted by Crippen LogP contribution is 2.28. The molecule has 1 aliphatic rings. The number of likely N-dealkylation sites (N-methyl/N-ethyl adjacent to an activating group) is 1. The zero-order chi connectivity index (χ0) is 19.8. The van der Waals surface area contributed by atoms with Gasteiger partial charge in [-0.15, -0.1) is 0 Å². The molecule has 28 heavy (non-hydrogen) atoms. The van der Waals surface area contributed by atoms with Gasteiger partial charge in [0, 0.05) is 45.5 Å².